The van der Waals surface area contributed by atoms with Crippen LogP contribution >= 0.6 is 11.6 Å². The maximum Gasteiger partial charge on any atom is 0.387 e. The first kappa shape index (κ1) is 19.9. The molecule has 1 aromatic carbocycles. The number of rotatable bonds is 6. The van der Waals surface area contributed by atoms with Gasteiger partial charge >= 0.3 is 6.61 Å². The highest BCUT2D eigenvalue weighted by Gasteiger charge is 2.11. The summed E-state index contributed by atoms with van der Waals surface area (Å²) in [6, 6.07) is 10.4. The lowest BCUT2D eigenvalue weighted by Gasteiger charge is -2.14. The highest BCUT2D eigenvalue weighted by Crippen LogP contribution is 2.24. The predicted molar refractivity (Wildman–Crippen MR) is 105 cm³/mol. The number of hydrogen-bond donors (Lipinski definition) is 2. The van der Waals surface area contributed by atoms with Crippen LogP contribution in [0, 0.1) is 6.92 Å². The van der Waals surface area contributed by atoms with Crippen LogP contribution < -0.4 is 15.4 Å². The number of ether oxygens (including phenoxy) is 1. The molecular weight excluding hydrogens is 388 g/mol. The Kier molecular flexibility index (Phi) is 6.30. The quantitative estimate of drug-likeness (QED) is 0.482. The van der Waals surface area contributed by atoms with Gasteiger partial charge in [0.15, 0.2) is 5.96 Å². The first-order valence-corrected chi connectivity index (χ1v) is 8.95. The van der Waals surface area contributed by atoms with Gasteiger partial charge < -0.3 is 19.8 Å². The fourth-order valence-corrected chi connectivity index (χ4v) is 2.95. The molecule has 28 heavy (non-hydrogen) atoms. The molecule has 0 spiro atoms. The molecule has 3 rings (SSSR count). The zero-order valence-electron chi connectivity index (χ0n) is 15.4. The molecule has 2 N–H and O–H groups in total. The highest BCUT2D eigenvalue weighted by atomic mass is 35.5. The molecule has 148 valence electrons. The Morgan fingerprint density at radius 2 is 2.04 bits per heavy atom. The van der Waals surface area contributed by atoms with Crippen molar-refractivity contribution in [1.82, 2.24) is 20.0 Å². The molecular formula is C19H20ClF2N5O. The maximum atomic E-state index is 12.6. The summed E-state index contributed by atoms with van der Waals surface area (Å²) in [5.41, 5.74) is 3.31. The Morgan fingerprint density at radius 3 is 2.75 bits per heavy atom. The molecule has 6 nitrogen and oxygen atoms in total. The van der Waals surface area contributed by atoms with E-state index in [1.54, 1.807) is 13.1 Å². The number of hydrogen-bond acceptors (Lipinski definition) is 3. The lowest BCUT2D eigenvalue weighted by Crippen LogP contribution is -2.36. The SMILES string of the molecule is CN=C(NCc1cn2c(C)cccc2n1)NCc1cc(Cl)ccc1OC(F)F. The van der Waals surface area contributed by atoms with Gasteiger partial charge in [-0.15, -0.1) is 0 Å². The molecule has 0 bridgehead atoms. The van der Waals surface area contributed by atoms with Crippen LogP contribution in [0.15, 0.2) is 47.6 Å². The minimum absolute atomic E-state index is 0.0678. The minimum atomic E-state index is -2.91. The highest BCUT2D eigenvalue weighted by molar-refractivity contribution is 6.30. The molecule has 0 aliphatic carbocycles. The summed E-state index contributed by atoms with van der Waals surface area (Å²) in [5, 5.41) is 6.65. The third-order valence-electron chi connectivity index (χ3n) is 4.09. The molecule has 2 aromatic heterocycles. The van der Waals surface area contributed by atoms with Crippen LogP contribution in [0.5, 0.6) is 5.75 Å². The van der Waals surface area contributed by atoms with E-state index in [9.17, 15) is 8.78 Å². The van der Waals surface area contributed by atoms with Crippen molar-refractivity contribution in [3.8, 4) is 5.75 Å². The van der Waals surface area contributed by atoms with Gasteiger partial charge in [0, 0.05) is 36.1 Å². The standard InChI is InChI=1S/C19H20ClF2N5O/c1-12-4-3-5-17-26-15(11-27(12)17)10-25-19(23-2)24-9-13-8-14(20)6-7-16(13)28-18(21)22/h3-8,11,18H,9-10H2,1-2H3,(H2,23,24,25). The average Bonchev–Trinajstić information content (AvgIpc) is 3.08. The van der Waals surface area contributed by atoms with Gasteiger partial charge in [0.1, 0.15) is 11.4 Å². The Balaban J connectivity index is 1.63. The van der Waals surface area contributed by atoms with Crippen LogP contribution in [0.2, 0.25) is 5.02 Å². The molecule has 0 radical (unpaired) electrons. The first-order chi connectivity index (χ1) is 13.5. The third kappa shape index (κ3) is 4.89. The number of halogens is 3. The molecule has 0 saturated carbocycles. The molecule has 0 aliphatic rings. The topological polar surface area (TPSA) is 63.0 Å². The van der Waals surface area contributed by atoms with Crippen LogP contribution in [0.1, 0.15) is 17.0 Å². The summed E-state index contributed by atoms with van der Waals surface area (Å²) in [6.45, 7) is -0.226. The smallest absolute Gasteiger partial charge is 0.387 e. The van der Waals surface area contributed by atoms with E-state index in [1.807, 2.05) is 35.7 Å². The van der Waals surface area contributed by atoms with Crippen molar-refractivity contribution in [2.45, 2.75) is 26.6 Å². The number of aryl methyl sites for hydroxylation is 1. The number of nitrogens with zero attached hydrogens (tertiary/aromatic N) is 3. The second-order valence-electron chi connectivity index (χ2n) is 6.04. The van der Waals surface area contributed by atoms with E-state index in [4.69, 9.17) is 11.6 Å². The molecule has 2 heterocycles. The monoisotopic (exact) mass is 407 g/mol. The molecule has 0 fully saturated rings. The number of nitrogens with one attached hydrogen (secondary N) is 2. The maximum absolute atomic E-state index is 12.6. The Labute approximate surface area is 166 Å². The van der Waals surface area contributed by atoms with Gasteiger partial charge in [-0.1, -0.05) is 17.7 Å². The molecule has 9 heteroatoms. The van der Waals surface area contributed by atoms with Gasteiger partial charge in [0.2, 0.25) is 0 Å². The average molecular weight is 408 g/mol. The zero-order chi connectivity index (χ0) is 20.1. The fraction of sp³-hybridized carbons (Fsp3) is 0.263. The number of aliphatic imine (C=N–C) groups is 1. The fourth-order valence-electron chi connectivity index (χ4n) is 2.75. The van der Waals surface area contributed by atoms with Crippen molar-refractivity contribution >= 4 is 23.2 Å². The minimum Gasteiger partial charge on any atom is -0.434 e. The summed E-state index contributed by atoms with van der Waals surface area (Å²) >= 11 is 5.97. The van der Waals surface area contributed by atoms with Crippen molar-refractivity contribution in [3.63, 3.8) is 0 Å². The van der Waals surface area contributed by atoms with Crippen molar-refractivity contribution in [2.75, 3.05) is 7.05 Å². The molecule has 3 aromatic rings. The van der Waals surface area contributed by atoms with Crippen LogP contribution in [-0.4, -0.2) is 29.0 Å². The largest absolute Gasteiger partial charge is 0.434 e. The van der Waals surface area contributed by atoms with E-state index in [0.717, 1.165) is 17.0 Å². The van der Waals surface area contributed by atoms with Gasteiger partial charge in [-0.05, 0) is 37.3 Å². The number of guanidine groups is 1. The number of imidazole rings is 1. The van der Waals surface area contributed by atoms with Gasteiger partial charge in [-0.2, -0.15) is 8.78 Å². The van der Waals surface area contributed by atoms with E-state index >= 15 is 0 Å². The van der Waals surface area contributed by atoms with Crippen LogP contribution in [-0.2, 0) is 13.1 Å². The number of pyridine rings is 1. The Hall–Kier alpha value is -2.87. The van der Waals surface area contributed by atoms with E-state index in [-0.39, 0.29) is 12.3 Å². The second kappa shape index (κ2) is 8.88. The summed E-state index contributed by atoms with van der Waals surface area (Å²) in [7, 11) is 1.62. The summed E-state index contributed by atoms with van der Waals surface area (Å²) in [6.07, 6.45) is 1.95. The Morgan fingerprint density at radius 1 is 1.25 bits per heavy atom. The van der Waals surface area contributed by atoms with E-state index in [0.29, 0.717) is 23.1 Å². The molecule has 0 amide bonds. The predicted octanol–water partition coefficient (Wildman–Crippen LogP) is 3.76. The van der Waals surface area contributed by atoms with Crippen molar-refractivity contribution in [2.24, 2.45) is 4.99 Å². The molecule has 0 aliphatic heterocycles. The molecule has 0 unspecified atom stereocenters. The Bertz CT molecular complexity index is 990. The van der Waals surface area contributed by atoms with E-state index < -0.39 is 6.61 Å². The number of benzene rings is 1. The summed E-state index contributed by atoms with van der Waals surface area (Å²) in [5.74, 6) is 0.565. The zero-order valence-corrected chi connectivity index (χ0v) is 16.2. The second-order valence-corrected chi connectivity index (χ2v) is 6.47. The van der Waals surface area contributed by atoms with Crippen molar-refractivity contribution in [3.05, 3.63) is 64.6 Å². The van der Waals surface area contributed by atoms with E-state index in [2.05, 4.69) is 25.3 Å². The lowest BCUT2D eigenvalue weighted by molar-refractivity contribution is -0.0504. The molecule has 0 atom stereocenters. The summed E-state index contributed by atoms with van der Waals surface area (Å²) < 4.78 is 31.7. The van der Waals surface area contributed by atoms with Crippen molar-refractivity contribution in [1.29, 1.82) is 0 Å². The number of alkyl halides is 2. The molecule has 0 saturated heterocycles. The van der Waals surface area contributed by atoms with Crippen LogP contribution in [0.25, 0.3) is 5.65 Å². The van der Waals surface area contributed by atoms with Crippen LogP contribution in [0.3, 0.4) is 0 Å². The lowest BCUT2D eigenvalue weighted by atomic mass is 10.2. The van der Waals surface area contributed by atoms with Gasteiger partial charge in [-0.25, -0.2) is 4.98 Å². The van der Waals surface area contributed by atoms with Gasteiger partial charge in [-0.3, -0.25) is 4.99 Å². The summed E-state index contributed by atoms with van der Waals surface area (Å²) in [4.78, 5) is 8.69. The van der Waals surface area contributed by atoms with Crippen molar-refractivity contribution < 1.29 is 13.5 Å². The third-order valence-corrected chi connectivity index (χ3v) is 4.33. The van der Waals surface area contributed by atoms with Crippen LogP contribution in [0.4, 0.5) is 8.78 Å². The normalized spacial score (nSPS) is 11.9. The van der Waals surface area contributed by atoms with Gasteiger partial charge in [0.05, 0.1) is 12.2 Å². The number of aromatic nitrogens is 2. The first-order valence-electron chi connectivity index (χ1n) is 8.57. The van der Waals surface area contributed by atoms with E-state index in [1.165, 1.54) is 12.1 Å². The number of fused-ring (bicyclic) bond motifs is 1. The van der Waals surface area contributed by atoms with Gasteiger partial charge in [0.25, 0.3) is 0 Å².